The third kappa shape index (κ3) is 3.66. The number of nitrogens with one attached hydrogen (secondary N) is 2. The summed E-state index contributed by atoms with van der Waals surface area (Å²) in [5.41, 5.74) is 7.01. The van der Waals surface area contributed by atoms with E-state index in [-0.39, 0.29) is 10.9 Å². The van der Waals surface area contributed by atoms with Gasteiger partial charge in [-0.15, -0.1) is 0 Å². The van der Waals surface area contributed by atoms with Gasteiger partial charge in [-0.05, 0) is 18.1 Å². The summed E-state index contributed by atoms with van der Waals surface area (Å²) in [6.07, 6.45) is 3.57. The molecule has 1 aromatic heterocycles. The maximum atomic E-state index is 11.8. The molecular weight excluding hydrogens is 262 g/mol. The van der Waals surface area contributed by atoms with Crippen molar-refractivity contribution in [1.29, 1.82) is 0 Å². The molecule has 0 bridgehead atoms. The maximum absolute atomic E-state index is 11.8. The first-order chi connectivity index (χ1) is 9.09. The molecule has 0 aliphatic rings. The van der Waals surface area contributed by atoms with Crippen LogP contribution in [-0.2, 0) is 10.0 Å². The fourth-order valence-electron chi connectivity index (χ4n) is 1.77. The van der Waals surface area contributed by atoms with Crippen LogP contribution in [0.2, 0.25) is 0 Å². The largest absolute Gasteiger partial charge is 0.366 e. The number of H-pyrrole nitrogens is 1. The molecule has 0 radical (unpaired) electrons. The van der Waals surface area contributed by atoms with Crippen LogP contribution in [0.5, 0.6) is 0 Å². The van der Waals surface area contributed by atoms with Crippen LogP contribution >= 0.6 is 0 Å². The van der Waals surface area contributed by atoms with Gasteiger partial charge < -0.3 is 10.7 Å². The van der Waals surface area contributed by atoms with E-state index in [1.807, 2.05) is 30.3 Å². The van der Waals surface area contributed by atoms with Crippen LogP contribution in [0, 0.1) is 0 Å². The number of hydrogen-bond acceptors (Lipinski definition) is 3. The van der Waals surface area contributed by atoms with E-state index in [2.05, 4.69) is 9.71 Å². The Kier molecular flexibility index (Phi) is 4.36. The van der Waals surface area contributed by atoms with Crippen LogP contribution < -0.4 is 10.5 Å². The van der Waals surface area contributed by atoms with Crippen molar-refractivity contribution in [3.05, 3.63) is 54.4 Å². The van der Waals surface area contributed by atoms with E-state index in [1.165, 1.54) is 12.3 Å². The zero-order chi connectivity index (χ0) is 13.7. The van der Waals surface area contributed by atoms with E-state index < -0.39 is 10.0 Å². The third-order valence-electron chi connectivity index (χ3n) is 2.85. The Morgan fingerprint density at radius 3 is 2.58 bits per heavy atom. The molecule has 1 atom stereocenters. The van der Waals surface area contributed by atoms with E-state index in [0.717, 1.165) is 5.56 Å². The molecule has 6 heteroatoms. The van der Waals surface area contributed by atoms with Crippen molar-refractivity contribution in [3.8, 4) is 0 Å². The molecule has 0 aliphatic carbocycles. The van der Waals surface area contributed by atoms with Crippen molar-refractivity contribution in [2.45, 2.75) is 17.4 Å². The average Bonchev–Trinajstić information content (AvgIpc) is 2.94. The molecule has 2 rings (SSSR count). The predicted octanol–water partition coefficient (Wildman–Crippen LogP) is 1.38. The van der Waals surface area contributed by atoms with E-state index in [9.17, 15) is 8.42 Å². The Balaban J connectivity index is 1.87. The first-order valence-electron chi connectivity index (χ1n) is 6.02. The highest BCUT2D eigenvalue weighted by Crippen LogP contribution is 2.13. The lowest BCUT2D eigenvalue weighted by Crippen LogP contribution is -2.27. The quantitative estimate of drug-likeness (QED) is 0.746. The fourth-order valence-corrected chi connectivity index (χ4v) is 2.80. The molecule has 1 aromatic carbocycles. The zero-order valence-electron chi connectivity index (χ0n) is 10.4. The molecule has 1 heterocycles. The average molecular weight is 279 g/mol. The van der Waals surface area contributed by atoms with Gasteiger partial charge >= 0.3 is 0 Å². The number of aromatic amines is 1. The topological polar surface area (TPSA) is 88.0 Å². The molecule has 0 fully saturated rings. The summed E-state index contributed by atoms with van der Waals surface area (Å²) in [5.74, 6) is 0. The molecule has 4 N–H and O–H groups in total. The van der Waals surface area contributed by atoms with Gasteiger partial charge in [0.1, 0.15) is 0 Å². The lowest BCUT2D eigenvalue weighted by molar-refractivity contribution is 0.569. The molecule has 5 nitrogen and oxygen atoms in total. The van der Waals surface area contributed by atoms with Crippen LogP contribution in [0.1, 0.15) is 18.0 Å². The molecule has 0 spiro atoms. The summed E-state index contributed by atoms with van der Waals surface area (Å²) in [5, 5.41) is 0. The van der Waals surface area contributed by atoms with Gasteiger partial charge in [0.2, 0.25) is 10.0 Å². The molecule has 0 saturated carbocycles. The van der Waals surface area contributed by atoms with Crippen LogP contribution in [0.25, 0.3) is 0 Å². The normalized spacial score (nSPS) is 13.3. The van der Waals surface area contributed by atoms with E-state index in [4.69, 9.17) is 5.73 Å². The summed E-state index contributed by atoms with van der Waals surface area (Å²) < 4.78 is 26.2. The van der Waals surface area contributed by atoms with Gasteiger partial charge in [0.25, 0.3) is 0 Å². The molecule has 1 unspecified atom stereocenters. The lowest BCUT2D eigenvalue weighted by atomic mass is 10.1. The minimum atomic E-state index is -3.43. The van der Waals surface area contributed by atoms with Gasteiger partial charge in [0, 0.05) is 25.0 Å². The number of hydrogen-bond donors (Lipinski definition) is 3. The third-order valence-corrected chi connectivity index (χ3v) is 4.31. The highest BCUT2D eigenvalue weighted by Gasteiger charge is 2.14. The highest BCUT2D eigenvalue weighted by atomic mass is 32.2. The molecule has 0 amide bonds. The number of aromatic nitrogens is 1. The van der Waals surface area contributed by atoms with Crippen molar-refractivity contribution < 1.29 is 8.42 Å². The SMILES string of the molecule is NC(CCNS(=O)(=O)c1cc[nH]c1)c1ccccc1. The zero-order valence-corrected chi connectivity index (χ0v) is 11.2. The Morgan fingerprint density at radius 2 is 1.95 bits per heavy atom. The second-order valence-electron chi connectivity index (χ2n) is 4.25. The Hall–Kier alpha value is -1.63. The van der Waals surface area contributed by atoms with Crippen LogP contribution in [0.3, 0.4) is 0 Å². The highest BCUT2D eigenvalue weighted by molar-refractivity contribution is 7.89. The van der Waals surface area contributed by atoms with E-state index in [1.54, 1.807) is 6.20 Å². The minimum absolute atomic E-state index is 0.171. The van der Waals surface area contributed by atoms with Gasteiger partial charge in [-0.25, -0.2) is 13.1 Å². The molecular formula is C13H17N3O2S. The summed E-state index contributed by atoms with van der Waals surface area (Å²) in [6, 6.07) is 11.0. The van der Waals surface area contributed by atoms with Crippen LogP contribution in [0.15, 0.2) is 53.7 Å². The van der Waals surface area contributed by atoms with Crippen molar-refractivity contribution in [1.82, 2.24) is 9.71 Å². The van der Waals surface area contributed by atoms with Gasteiger partial charge in [0.05, 0.1) is 4.90 Å². The number of sulfonamides is 1. The molecule has 0 saturated heterocycles. The molecule has 102 valence electrons. The molecule has 19 heavy (non-hydrogen) atoms. The van der Waals surface area contributed by atoms with Crippen LogP contribution in [0.4, 0.5) is 0 Å². The Labute approximate surface area is 112 Å². The van der Waals surface area contributed by atoms with Gasteiger partial charge in [-0.3, -0.25) is 0 Å². The van der Waals surface area contributed by atoms with Gasteiger partial charge in [-0.1, -0.05) is 30.3 Å². The summed E-state index contributed by atoms with van der Waals surface area (Å²) >= 11 is 0. The number of nitrogens with two attached hydrogens (primary N) is 1. The monoisotopic (exact) mass is 279 g/mol. The number of rotatable bonds is 6. The second-order valence-corrected chi connectivity index (χ2v) is 6.02. The maximum Gasteiger partial charge on any atom is 0.242 e. The van der Waals surface area contributed by atoms with Crippen LogP contribution in [-0.4, -0.2) is 19.9 Å². The minimum Gasteiger partial charge on any atom is -0.366 e. The van der Waals surface area contributed by atoms with Crippen molar-refractivity contribution in [3.63, 3.8) is 0 Å². The van der Waals surface area contributed by atoms with Gasteiger partial charge in [0.15, 0.2) is 0 Å². The Bertz CT molecular complexity index is 594. The van der Waals surface area contributed by atoms with Gasteiger partial charge in [-0.2, -0.15) is 0 Å². The first-order valence-corrected chi connectivity index (χ1v) is 7.51. The summed E-state index contributed by atoms with van der Waals surface area (Å²) in [6.45, 7) is 0.309. The van der Waals surface area contributed by atoms with E-state index >= 15 is 0 Å². The molecule has 0 aliphatic heterocycles. The fraction of sp³-hybridized carbons (Fsp3) is 0.231. The number of benzene rings is 1. The van der Waals surface area contributed by atoms with E-state index in [0.29, 0.717) is 13.0 Å². The van der Waals surface area contributed by atoms with Crippen molar-refractivity contribution in [2.24, 2.45) is 5.73 Å². The van der Waals surface area contributed by atoms with Crippen molar-refractivity contribution in [2.75, 3.05) is 6.54 Å². The smallest absolute Gasteiger partial charge is 0.242 e. The second kappa shape index (κ2) is 6.01. The molecule has 2 aromatic rings. The summed E-state index contributed by atoms with van der Waals surface area (Å²) in [4.78, 5) is 2.95. The summed E-state index contributed by atoms with van der Waals surface area (Å²) in [7, 11) is -3.43. The first kappa shape index (κ1) is 13.8. The standard InChI is InChI=1S/C13H17N3O2S/c14-13(11-4-2-1-3-5-11)7-9-16-19(17,18)12-6-8-15-10-12/h1-6,8,10,13,15-16H,7,9,14H2. The predicted molar refractivity (Wildman–Crippen MR) is 74.0 cm³/mol. The Morgan fingerprint density at radius 1 is 1.21 bits per heavy atom. The van der Waals surface area contributed by atoms with Crippen molar-refractivity contribution >= 4 is 10.0 Å². The lowest BCUT2D eigenvalue weighted by Gasteiger charge is -2.12.